The van der Waals surface area contributed by atoms with Gasteiger partial charge in [-0.2, -0.15) is 0 Å². The van der Waals surface area contributed by atoms with Gasteiger partial charge in [-0.05, 0) is 68.8 Å². The fourth-order valence-electron chi connectivity index (χ4n) is 6.58. The average molecular weight is 330 g/mol. The molecule has 0 radical (unpaired) electrons. The maximum atomic E-state index is 13.1. The number of hydrogen-bond acceptors (Lipinski definition) is 3. The Balaban J connectivity index is 1.72. The first-order valence-corrected chi connectivity index (χ1v) is 9.89. The Morgan fingerprint density at radius 3 is 2.75 bits per heavy atom. The van der Waals surface area contributed by atoms with Gasteiger partial charge in [-0.15, -0.1) is 0 Å². The van der Waals surface area contributed by atoms with Crippen molar-refractivity contribution >= 4 is 11.6 Å². The second kappa shape index (κ2) is 5.79. The summed E-state index contributed by atoms with van der Waals surface area (Å²) >= 11 is 0. The van der Waals surface area contributed by atoms with Crippen molar-refractivity contribution in [2.75, 3.05) is 13.2 Å². The quantitative estimate of drug-likeness (QED) is 0.782. The first-order valence-electron chi connectivity index (χ1n) is 9.89. The third-order valence-corrected chi connectivity index (χ3v) is 7.87. The van der Waals surface area contributed by atoms with Gasteiger partial charge in [0.05, 0.1) is 12.0 Å². The van der Waals surface area contributed by atoms with E-state index in [9.17, 15) is 9.59 Å². The van der Waals surface area contributed by atoms with Crippen molar-refractivity contribution in [1.29, 1.82) is 0 Å². The molecule has 0 aromatic rings. The first kappa shape index (κ1) is 16.5. The fraction of sp³-hybridized carbons (Fsp3) is 0.810. The predicted octanol–water partition coefficient (Wildman–Crippen LogP) is 4.10. The standard InChI is InChI=1S/C21H30O3/c1-3-24-13-21-11-9-15-19(16(21)7-8-18(21)23)17(22)12-14-6-4-5-10-20(14,15)2/h12,15-16,19H,3-11,13H2,1-2H3/t15-,16-,19+,20-,21+/m0/s1. The molecule has 132 valence electrons. The largest absolute Gasteiger partial charge is 0.381 e. The van der Waals surface area contributed by atoms with Gasteiger partial charge < -0.3 is 4.74 Å². The van der Waals surface area contributed by atoms with Crippen LogP contribution in [-0.4, -0.2) is 24.8 Å². The van der Waals surface area contributed by atoms with Crippen LogP contribution in [0.3, 0.4) is 0 Å². The number of allylic oxidation sites excluding steroid dienone is 2. The molecule has 4 aliphatic carbocycles. The van der Waals surface area contributed by atoms with Gasteiger partial charge in [0.25, 0.3) is 0 Å². The molecule has 3 saturated carbocycles. The van der Waals surface area contributed by atoms with Gasteiger partial charge in [-0.3, -0.25) is 9.59 Å². The number of carbonyl (C=O) groups excluding carboxylic acids is 2. The molecule has 0 amide bonds. The highest BCUT2D eigenvalue weighted by Crippen LogP contribution is 2.63. The molecule has 0 spiro atoms. The molecule has 0 bridgehead atoms. The fourth-order valence-corrected chi connectivity index (χ4v) is 6.58. The van der Waals surface area contributed by atoms with Crippen LogP contribution in [0.1, 0.15) is 65.2 Å². The van der Waals surface area contributed by atoms with E-state index in [1.807, 2.05) is 13.0 Å². The Kier molecular flexibility index (Phi) is 3.98. The Labute approximate surface area is 145 Å². The molecule has 5 atom stereocenters. The van der Waals surface area contributed by atoms with Crippen molar-refractivity contribution in [3.8, 4) is 0 Å². The minimum atomic E-state index is -0.372. The maximum Gasteiger partial charge on any atom is 0.159 e. The molecular weight excluding hydrogens is 300 g/mol. The van der Waals surface area contributed by atoms with Crippen LogP contribution < -0.4 is 0 Å². The molecule has 0 saturated heterocycles. The van der Waals surface area contributed by atoms with Gasteiger partial charge in [0, 0.05) is 18.9 Å². The molecule has 0 N–H and O–H groups in total. The molecule has 24 heavy (non-hydrogen) atoms. The van der Waals surface area contributed by atoms with E-state index in [0.29, 0.717) is 37.1 Å². The average Bonchev–Trinajstić information content (AvgIpc) is 2.91. The third kappa shape index (κ3) is 2.13. The molecule has 0 aliphatic heterocycles. The van der Waals surface area contributed by atoms with Crippen LogP contribution in [0.4, 0.5) is 0 Å². The normalized spacial score (nSPS) is 44.6. The summed E-state index contributed by atoms with van der Waals surface area (Å²) in [6.07, 6.45) is 10.3. The highest BCUT2D eigenvalue weighted by atomic mass is 16.5. The van der Waals surface area contributed by atoms with Crippen LogP contribution >= 0.6 is 0 Å². The van der Waals surface area contributed by atoms with Crippen molar-refractivity contribution in [3.63, 3.8) is 0 Å². The summed E-state index contributed by atoms with van der Waals surface area (Å²) in [7, 11) is 0. The van der Waals surface area contributed by atoms with Crippen molar-refractivity contribution in [2.45, 2.75) is 65.2 Å². The second-order valence-corrected chi connectivity index (χ2v) is 8.73. The van der Waals surface area contributed by atoms with Crippen molar-refractivity contribution in [2.24, 2.45) is 28.6 Å². The van der Waals surface area contributed by atoms with E-state index in [-0.39, 0.29) is 22.7 Å². The molecule has 3 heteroatoms. The number of ether oxygens (including phenoxy) is 1. The summed E-state index contributed by atoms with van der Waals surface area (Å²) in [5.41, 5.74) is 1.23. The monoisotopic (exact) mass is 330 g/mol. The van der Waals surface area contributed by atoms with Crippen molar-refractivity contribution in [3.05, 3.63) is 11.6 Å². The molecule has 3 nitrogen and oxygen atoms in total. The summed E-state index contributed by atoms with van der Waals surface area (Å²) in [6.45, 7) is 5.55. The van der Waals surface area contributed by atoms with Crippen molar-refractivity contribution < 1.29 is 14.3 Å². The van der Waals surface area contributed by atoms with Crippen LogP contribution in [0, 0.1) is 28.6 Å². The molecule has 4 rings (SSSR count). The summed E-state index contributed by atoms with van der Waals surface area (Å²) in [6, 6.07) is 0. The predicted molar refractivity (Wildman–Crippen MR) is 92.5 cm³/mol. The summed E-state index contributed by atoms with van der Waals surface area (Å²) in [5, 5.41) is 0. The Morgan fingerprint density at radius 1 is 1.12 bits per heavy atom. The van der Waals surface area contributed by atoms with E-state index < -0.39 is 0 Å². The van der Waals surface area contributed by atoms with Crippen LogP contribution in [0.15, 0.2) is 11.6 Å². The van der Waals surface area contributed by atoms with Crippen LogP contribution in [0.25, 0.3) is 0 Å². The van der Waals surface area contributed by atoms with Gasteiger partial charge >= 0.3 is 0 Å². The minimum Gasteiger partial charge on any atom is -0.381 e. The van der Waals surface area contributed by atoms with E-state index >= 15 is 0 Å². The second-order valence-electron chi connectivity index (χ2n) is 8.73. The van der Waals surface area contributed by atoms with E-state index in [4.69, 9.17) is 4.74 Å². The number of fused-ring (bicyclic) bond motifs is 5. The SMILES string of the molecule is CCOC[C@]12CC[C@H]3[C@@H](C(=O)C=C4CCCC[C@@]43C)[C@@H]1CCC2=O. The molecule has 4 aliphatic rings. The smallest absolute Gasteiger partial charge is 0.159 e. The number of Topliss-reactive ketones (excluding diaryl/α,β-unsaturated/α-hetero) is 1. The first-order chi connectivity index (χ1) is 11.5. The Hall–Kier alpha value is -0.960. The van der Waals surface area contributed by atoms with Gasteiger partial charge in [0.15, 0.2) is 5.78 Å². The maximum absolute atomic E-state index is 13.1. The number of ketones is 2. The van der Waals surface area contributed by atoms with E-state index in [0.717, 1.165) is 25.7 Å². The lowest BCUT2D eigenvalue weighted by atomic mass is 9.47. The van der Waals surface area contributed by atoms with Crippen molar-refractivity contribution in [1.82, 2.24) is 0 Å². The van der Waals surface area contributed by atoms with Gasteiger partial charge in [-0.1, -0.05) is 18.9 Å². The molecular formula is C21H30O3. The summed E-state index contributed by atoms with van der Waals surface area (Å²) in [5.74, 6) is 1.37. The molecule has 0 heterocycles. The van der Waals surface area contributed by atoms with Crippen LogP contribution in [0.5, 0.6) is 0 Å². The van der Waals surface area contributed by atoms with E-state index in [1.54, 1.807) is 0 Å². The molecule has 0 aromatic heterocycles. The van der Waals surface area contributed by atoms with Crippen LogP contribution in [0.2, 0.25) is 0 Å². The van der Waals surface area contributed by atoms with E-state index in [2.05, 4.69) is 6.92 Å². The zero-order valence-electron chi connectivity index (χ0n) is 15.1. The van der Waals surface area contributed by atoms with Gasteiger partial charge in [0.1, 0.15) is 5.78 Å². The van der Waals surface area contributed by atoms with Crippen LogP contribution in [-0.2, 0) is 14.3 Å². The summed E-state index contributed by atoms with van der Waals surface area (Å²) in [4.78, 5) is 25.8. The van der Waals surface area contributed by atoms with E-state index in [1.165, 1.54) is 24.8 Å². The molecule has 3 fully saturated rings. The summed E-state index contributed by atoms with van der Waals surface area (Å²) < 4.78 is 5.75. The number of hydrogen-bond donors (Lipinski definition) is 0. The lowest BCUT2D eigenvalue weighted by molar-refractivity contribution is -0.146. The number of carbonyl (C=O) groups is 2. The number of rotatable bonds is 3. The minimum absolute atomic E-state index is 0.0532. The van der Waals surface area contributed by atoms with Gasteiger partial charge in [-0.25, -0.2) is 0 Å². The Bertz CT molecular complexity index is 592. The molecule has 0 aromatic carbocycles. The Morgan fingerprint density at radius 2 is 1.96 bits per heavy atom. The topological polar surface area (TPSA) is 43.4 Å². The third-order valence-electron chi connectivity index (χ3n) is 7.87. The zero-order valence-corrected chi connectivity index (χ0v) is 15.1. The lowest BCUT2D eigenvalue weighted by Gasteiger charge is -2.55. The zero-order chi connectivity index (χ0) is 16.9. The highest BCUT2D eigenvalue weighted by Gasteiger charge is 2.62. The highest BCUT2D eigenvalue weighted by molar-refractivity contribution is 5.96. The molecule has 0 unspecified atom stereocenters. The van der Waals surface area contributed by atoms with Gasteiger partial charge in [0.2, 0.25) is 0 Å². The lowest BCUT2D eigenvalue weighted by Crippen LogP contribution is -2.54.